The average Bonchev–Trinajstić information content (AvgIpc) is 3.32. The van der Waals surface area contributed by atoms with Crippen LogP contribution >= 0.6 is 25.8 Å². The van der Waals surface area contributed by atoms with E-state index in [4.69, 9.17) is 34.3 Å². The molecule has 6 rings (SSSR count). The van der Waals surface area contributed by atoms with E-state index in [9.17, 15) is 20.4 Å². The van der Waals surface area contributed by atoms with Gasteiger partial charge in [0.15, 0.2) is 0 Å². The first kappa shape index (κ1) is 56.7. The fourth-order valence-electron chi connectivity index (χ4n) is 8.87. The molecule has 0 aromatic heterocycles. The second-order valence-electron chi connectivity index (χ2n) is 18.8. The van der Waals surface area contributed by atoms with Crippen molar-refractivity contribution >= 4 is 25.8 Å². The lowest BCUT2D eigenvalue weighted by Crippen LogP contribution is -2.56. The fourth-order valence-corrected chi connectivity index (χ4v) is 9.39. The highest BCUT2D eigenvalue weighted by Crippen LogP contribution is 2.54. The predicted octanol–water partition coefficient (Wildman–Crippen LogP) is 8.81. The summed E-state index contributed by atoms with van der Waals surface area (Å²) in [5.41, 5.74) is 3.08. The topological polar surface area (TPSA) is 232 Å². The molecule has 0 radical (unpaired) electrons. The summed E-state index contributed by atoms with van der Waals surface area (Å²) in [6, 6.07) is 53.7. The van der Waals surface area contributed by atoms with Crippen molar-refractivity contribution in [3.05, 3.63) is 213 Å². The van der Waals surface area contributed by atoms with Crippen LogP contribution in [0.4, 0.5) is 0 Å². The molecule has 0 atom stereocenters. The minimum Gasteiger partial charge on any atom is -0.395 e. The Morgan fingerprint density at radius 3 is 0.824 bits per heavy atom. The van der Waals surface area contributed by atoms with E-state index in [1.54, 1.807) is 0 Å². The smallest absolute Gasteiger partial charge is 0.334 e. The predicted molar refractivity (Wildman–Crippen MR) is 271 cm³/mol. The van der Waals surface area contributed by atoms with Gasteiger partial charge in [0.25, 0.3) is 0 Å². The van der Waals surface area contributed by atoms with Crippen LogP contribution in [0.3, 0.4) is 0 Å². The van der Waals surface area contributed by atoms with Crippen LogP contribution in [0, 0.1) is 5.41 Å². The van der Waals surface area contributed by atoms with Crippen LogP contribution in [0.25, 0.3) is 0 Å². The number of hydrogen-bond donors (Lipinski definition) is 11. The maximum absolute atomic E-state index is 14.2. The Hall–Kier alpha value is -3.87. The molecule has 6 aromatic rings. The molecule has 15 heteroatoms. The number of rotatable bonds is 16. The molecule has 0 saturated carbocycles. The molecule has 366 valence electrons. The molecule has 0 bridgehead atoms. The van der Waals surface area contributed by atoms with Crippen molar-refractivity contribution in [3.8, 4) is 0 Å². The molecular weight excluding hydrogens is 921 g/mol. The van der Waals surface area contributed by atoms with E-state index in [0.29, 0.717) is 11.1 Å². The fraction of sp³-hybridized carbons (Fsp3) is 0.321. The maximum Gasteiger partial charge on any atom is 0.334 e. The van der Waals surface area contributed by atoms with Crippen LogP contribution < -0.4 is 0 Å². The SMILES string of the molecule is CC(C)(c1ccccc1)c1ccc(C(O)(c2ccc(C(C)(C)c3ccccc3)cc2C(C)(C)c2ccccc2)C(CO)(CO)CO)c(C(C)(C)c2ccccc2)c1.OP(O)O.OP(O)OP(O)O. The van der Waals surface area contributed by atoms with Gasteiger partial charge >= 0.3 is 25.8 Å². The van der Waals surface area contributed by atoms with E-state index in [2.05, 4.69) is 157 Å². The third-order valence-electron chi connectivity index (χ3n) is 13.4. The zero-order chi connectivity index (χ0) is 50.7. The van der Waals surface area contributed by atoms with Gasteiger partial charge in [0.05, 0.1) is 25.2 Å². The van der Waals surface area contributed by atoms with Crippen LogP contribution in [-0.4, -0.2) is 74.5 Å². The van der Waals surface area contributed by atoms with Gasteiger partial charge in [-0.05, 0) is 55.6 Å². The van der Waals surface area contributed by atoms with Crippen molar-refractivity contribution in [2.24, 2.45) is 5.41 Å². The highest BCUT2D eigenvalue weighted by molar-refractivity contribution is 7.53. The lowest BCUT2D eigenvalue weighted by Gasteiger charge is -2.49. The van der Waals surface area contributed by atoms with E-state index < -0.39 is 78.3 Å². The maximum atomic E-state index is 14.2. The molecule has 0 heterocycles. The van der Waals surface area contributed by atoms with Crippen molar-refractivity contribution in [2.75, 3.05) is 19.8 Å². The molecule has 11 N–H and O–H groups in total. The molecule has 0 saturated heterocycles. The quantitative estimate of drug-likeness (QED) is 0.0409. The molecule has 68 heavy (non-hydrogen) atoms. The largest absolute Gasteiger partial charge is 0.395 e. The Morgan fingerprint density at radius 2 is 0.603 bits per heavy atom. The van der Waals surface area contributed by atoms with Crippen LogP contribution in [-0.2, 0) is 31.6 Å². The van der Waals surface area contributed by atoms with E-state index in [1.807, 2.05) is 60.7 Å². The monoisotopic (exact) mass is 988 g/mol. The summed E-state index contributed by atoms with van der Waals surface area (Å²) < 4.78 is 3.60. The van der Waals surface area contributed by atoms with Crippen molar-refractivity contribution in [1.82, 2.24) is 0 Å². The molecule has 0 amide bonds. The summed E-state index contributed by atoms with van der Waals surface area (Å²) in [4.78, 5) is 53.0. The zero-order valence-electron chi connectivity index (χ0n) is 39.8. The number of aliphatic hydroxyl groups excluding tert-OH is 3. The van der Waals surface area contributed by atoms with E-state index >= 15 is 0 Å². The Bertz CT molecular complexity index is 2300. The minimum absolute atomic E-state index is 0.410. The molecule has 6 aromatic carbocycles. The second kappa shape index (κ2) is 23.8. The Kier molecular flexibility index (Phi) is 19.9. The van der Waals surface area contributed by atoms with Gasteiger partial charge in [-0.15, -0.1) is 0 Å². The average molecular weight is 989 g/mol. The van der Waals surface area contributed by atoms with Crippen LogP contribution in [0.1, 0.15) is 111 Å². The first-order valence-corrected chi connectivity index (χ1v) is 25.4. The first-order chi connectivity index (χ1) is 31.9. The van der Waals surface area contributed by atoms with Gasteiger partial charge in [-0.25, -0.2) is 4.31 Å². The molecule has 0 aliphatic rings. The normalized spacial score (nSPS) is 12.7. The highest BCUT2D eigenvalue weighted by atomic mass is 31.2. The summed E-state index contributed by atoms with van der Waals surface area (Å²) in [6.45, 7) is 15.4. The van der Waals surface area contributed by atoms with E-state index in [0.717, 1.165) is 44.5 Å². The van der Waals surface area contributed by atoms with Gasteiger partial charge in [-0.3, -0.25) is 0 Å². The molecule has 0 aliphatic carbocycles. The summed E-state index contributed by atoms with van der Waals surface area (Å²) in [7, 11) is -7.84. The lowest BCUT2D eigenvalue weighted by atomic mass is 9.58. The van der Waals surface area contributed by atoms with Gasteiger partial charge in [0.2, 0.25) is 0 Å². The van der Waals surface area contributed by atoms with Gasteiger partial charge in [-0.1, -0.05) is 213 Å². The van der Waals surface area contributed by atoms with E-state index in [1.165, 1.54) is 0 Å². The zero-order valence-corrected chi connectivity index (χ0v) is 42.5. The van der Waals surface area contributed by atoms with Crippen molar-refractivity contribution < 1.29 is 59.0 Å². The van der Waals surface area contributed by atoms with Crippen molar-refractivity contribution in [3.63, 3.8) is 0 Å². The summed E-state index contributed by atoms with van der Waals surface area (Å²) in [6.07, 6.45) is 0. The lowest BCUT2D eigenvalue weighted by molar-refractivity contribution is -0.137. The highest BCUT2D eigenvalue weighted by Gasteiger charge is 2.56. The van der Waals surface area contributed by atoms with Gasteiger partial charge in [-0.2, -0.15) is 0 Å². The standard InChI is InChI=1S/C53H60O4.H4O5P2.H3O3P/c1-48(2,38-21-13-9-14-22-38)42-29-31-44(46(33-42)50(5,6)40-25-17-11-18-26-40)53(57,52(35-54,36-55)37-56)45-32-30-43(49(3,4)39-23-15-10-16-24-39)34-47(45)51(7,8)41-27-19-12-20-28-41;1-6(2)5-7(3)4;1-4(2)3/h9-34,54-57H,35-37H2,1-8H3;1-4H;1-3H. The molecule has 0 fully saturated rings. The Balaban J connectivity index is 0.000000821. The van der Waals surface area contributed by atoms with Gasteiger partial charge in [0, 0.05) is 21.7 Å². The molecule has 0 aliphatic heterocycles. The number of hydrogen-bond acceptors (Lipinski definition) is 12. The first-order valence-electron chi connectivity index (χ1n) is 21.9. The molecule has 12 nitrogen and oxygen atoms in total. The second-order valence-corrected chi connectivity index (χ2v) is 21.0. The summed E-state index contributed by atoms with van der Waals surface area (Å²) >= 11 is 0. The Labute approximate surface area is 404 Å². The third-order valence-corrected chi connectivity index (χ3v) is 14.6. The van der Waals surface area contributed by atoms with Crippen LogP contribution in [0.5, 0.6) is 0 Å². The molecular formula is C53H67O12P3. The van der Waals surface area contributed by atoms with E-state index in [-0.39, 0.29) is 0 Å². The third kappa shape index (κ3) is 12.5. The van der Waals surface area contributed by atoms with Crippen molar-refractivity contribution in [2.45, 2.75) is 82.7 Å². The molecule has 0 spiro atoms. The number of aliphatic hydroxyl groups is 4. The van der Waals surface area contributed by atoms with Gasteiger partial charge in [0.1, 0.15) is 5.60 Å². The Morgan fingerprint density at radius 1 is 0.353 bits per heavy atom. The van der Waals surface area contributed by atoms with Crippen LogP contribution in [0.2, 0.25) is 0 Å². The van der Waals surface area contributed by atoms with Gasteiger partial charge < -0.3 is 54.7 Å². The minimum atomic E-state index is -2.62. The number of benzene rings is 6. The van der Waals surface area contributed by atoms with Crippen molar-refractivity contribution in [1.29, 1.82) is 0 Å². The summed E-state index contributed by atoms with van der Waals surface area (Å²) in [5.74, 6) is 0. The summed E-state index contributed by atoms with van der Waals surface area (Å²) in [5, 5.41) is 48.5. The molecule has 0 unspecified atom stereocenters. The van der Waals surface area contributed by atoms with Crippen LogP contribution in [0.15, 0.2) is 158 Å².